The third-order valence-corrected chi connectivity index (χ3v) is 4.08. The van der Waals surface area contributed by atoms with Crippen LogP contribution in [0.5, 0.6) is 0 Å². The lowest BCUT2D eigenvalue weighted by atomic mass is 10.1. The normalized spacial score (nSPS) is 11.6. The molecule has 0 bridgehead atoms. The van der Waals surface area contributed by atoms with E-state index in [0.717, 1.165) is 31.8 Å². The van der Waals surface area contributed by atoms with E-state index < -0.39 is 0 Å². The van der Waals surface area contributed by atoms with Gasteiger partial charge in [0.25, 0.3) is 0 Å². The number of allylic oxidation sites excluding steroid dienone is 1. The van der Waals surface area contributed by atoms with E-state index in [1.807, 2.05) is 6.08 Å². The van der Waals surface area contributed by atoms with Crippen LogP contribution < -0.4 is 0 Å². The molecule has 2 nitrogen and oxygen atoms in total. The van der Waals surface area contributed by atoms with Crippen molar-refractivity contribution in [1.82, 2.24) is 4.90 Å². The number of nitrogens with zero attached hydrogens (tertiary/aromatic N) is 1. The number of unbranched alkanes of at least 4 members (excludes halogenated alkanes) is 5. The van der Waals surface area contributed by atoms with Gasteiger partial charge in [0, 0.05) is 12.3 Å². The van der Waals surface area contributed by atoms with E-state index in [1.165, 1.54) is 43.9 Å². The lowest BCUT2D eigenvalue weighted by Gasteiger charge is -2.16. The third-order valence-electron chi connectivity index (χ3n) is 3.27. The molecule has 0 aliphatic carbocycles. The van der Waals surface area contributed by atoms with Gasteiger partial charge in [-0.05, 0) is 32.0 Å². The highest BCUT2D eigenvalue weighted by atomic mass is 32.2. The minimum atomic E-state index is 0.209. The molecule has 0 aromatic heterocycles. The minimum absolute atomic E-state index is 0.209. The van der Waals surface area contributed by atoms with E-state index in [0.29, 0.717) is 0 Å². The Hall–Kier alpha value is -0.280. The van der Waals surface area contributed by atoms with E-state index >= 15 is 0 Å². The van der Waals surface area contributed by atoms with Gasteiger partial charge >= 0.3 is 0 Å². The lowest BCUT2D eigenvalue weighted by Crippen LogP contribution is -2.25. The smallest absolute Gasteiger partial charge is 0.211 e. The van der Waals surface area contributed by atoms with Crippen molar-refractivity contribution in [3.05, 3.63) is 12.2 Å². The van der Waals surface area contributed by atoms with Crippen LogP contribution in [-0.2, 0) is 4.79 Å². The first-order valence-corrected chi connectivity index (χ1v) is 8.78. The summed E-state index contributed by atoms with van der Waals surface area (Å²) in [5, 5.41) is 0.209. The molecule has 0 fully saturated rings. The molecule has 0 atom stereocenters. The van der Waals surface area contributed by atoms with Gasteiger partial charge in [0.15, 0.2) is 0 Å². The van der Waals surface area contributed by atoms with Crippen molar-refractivity contribution < 1.29 is 4.79 Å². The zero-order valence-electron chi connectivity index (χ0n) is 13.0. The lowest BCUT2D eigenvalue weighted by molar-refractivity contribution is -0.107. The molecule has 19 heavy (non-hydrogen) atoms. The largest absolute Gasteiger partial charge is 0.303 e. The first kappa shape index (κ1) is 18.7. The van der Waals surface area contributed by atoms with Crippen molar-refractivity contribution in [3.8, 4) is 0 Å². The van der Waals surface area contributed by atoms with E-state index in [9.17, 15) is 4.79 Å². The van der Waals surface area contributed by atoms with Crippen molar-refractivity contribution >= 4 is 16.9 Å². The van der Waals surface area contributed by atoms with Gasteiger partial charge in [-0.15, -0.1) is 0 Å². The number of rotatable bonds is 12. The molecule has 0 spiro atoms. The van der Waals surface area contributed by atoms with Crippen molar-refractivity contribution in [2.45, 2.75) is 59.3 Å². The zero-order chi connectivity index (χ0) is 14.3. The van der Waals surface area contributed by atoms with Gasteiger partial charge in [-0.1, -0.05) is 64.3 Å². The molecule has 0 aliphatic heterocycles. The van der Waals surface area contributed by atoms with Gasteiger partial charge < -0.3 is 4.90 Å². The second kappa shape index (κ2) is 14.1. The maximum absolute atomic E-state index is 11.6. The summed E-state index contributed by atoms with van der Waals surface area (Å²) in [6, 6.07) is 0. The van der Waals surface area contributed by atoms with Crippen LogP contribution in [0.3, 0.4) is 0 Å². The summed E-state index contributed by atoms with van der Waals surface area (Å²) < 4.78 is 0. The van der Waals surface area contributed by atoms with Gasteiger partial charge in [0.05, 0.1) is 0 Å². The molecule has 0 saturated carbocycles. The van der Waals surface area contributed by atoms with Gasteiger partial charge in [0.1, 0.15) is 0 Å². The molecule has 0 aromatic carbocycles. The van der Waals surface area contributed by atoms with Gasteiger partial charge in [0.2, 0.25) is 5.12 Å². The summed E-state index contributed by atoms with van der Waals surface area (Å²) in [6.07, 6.45) is 11.3. The summed E-state index contributed by atoms with van der Waals surface area (Å²) in [5.41, 5.74) is 0. The van der Waals surface area contributed by atoms with Crippen LogP contribution >= 0.6 is 11.8 Å². The average molecular weight is 285 g/mol. The van der Waals surface area contributed by atoms with Crippen molar-refractivity contribution in [3.63, 3.8) is 0 Å². The Morgan fingerprint density at radius 1 is 1.05 bits per heavy atom. The van der Waals surface area contributed by atoms with Crippen LogP contribution in [0, 0.1) is 0 Å². The van der Waals surface area contributed by atoms with Gasteiger partial charge in [-0.25, -0.2) is 0 Å². The summed E-state index contributed by atoms with van der Waals surface area (Å²) in [7, 11) is 0. The predicted molar refractivity (Wildman–Crippen MR) is 87.8 cm³/mol. The van der Waals surface area contributed by atoms with Crippen molar-refractivity contribution in [1.29, 1.82) is 0 Å². The molecule has 0 amide bonds. The zero-order valence-corrected chi connectivity index (χ0v) is 13.8. The number of thioether (sulfide) groups is 1. The number of hydrogen-bond donors (Lipinski definition) is 0. The Bertz CT molecular complexity index is 237. The van der Waals surface area contributed by atoms with E-state index in [2.05, 4.69) is 25.7 Å². The topological polar surface area (TPSA) is 20.3 Å². The molecule has 0 rings (SSSR count). The highest BCUT2D eigenvalue weighted by Gasteiger charge is 2.01. The van der Waals surface area contributed by atoms with Crippen LogP contribution in [0.4, 0.5) is 0 Å². The Morgan fingerprint density at radius 3 is 2.37 bits per heavy atom. The molecule has 3 heteroatoms. The summed E-state index contributed by atoms with van der Waals surface area (Å²) in [4.78, 5) is 13.9. The number of carbonyl (C=O) groups excluding carboxylic acids is 1. The first-order valence-electron chi connectivity index (χ1n) is 7.80. The second-order valence-electron chi connectivity index (χ2n) is 4.80. The fourth-order valence-corrected chi connectivity index (χ4v) is 2.65. The number of hydrogen-bond acceptors (Lipinski definition) is 3. The average Bonchev–Trinajstić information content (AvgIpc) is 2.42. The fourth-order valence-electron chi connectivity index (χ4n) is 1.91. The van der Waals surface area contributed by atoms with Crippen molar-refractivity contribution in [2.24, 2.45) is 0 Å². The minimum Gasteiger partial charge on any atom is -0.303 e. The highest BCUT2D eigenvalue weighted by Crippen LogP contribution is 2.07. The maximum atomic E-state index is 11.6. The van der Waals surface area contributed by atoms with Crippen LogP contribution in [0.2, 0.25) is 0 Å². The van der Waals surface area contributed by atoms with Crippen LogP contribution in [0.25, 0.3) is 0 Å². The molecule has 0 N–H and O–H groups in total. The van der Waals surface area contributed by atoms with E-state index in [1.54, 1.807) is 6.08 Å². The summed E-state index contributed by atoms with van der Waals surface area (Å²) in [6.45, 7) is 9.70. The fraction of sp³-hybridized carbons (Fsp3) is 0.812. The molecule has 0 radical (unpaired) electrons. The summed E-state index contributed by atoms with van der Waals surface area (Å²) >= 11 is 1.44. The Kier molecular flexibility index (Phi) is 13.9. The van der Waals surface area contributed by atoms with Gasteiger partial charge in [-0.3, -0.25) is 4.79 Å². The molecule has 0 aliphatic rings. The maximum Gasteiger partial charge on any atom is 0.211 e. The van der Waals surface area contributed by atoms with Crippen LogP contribution in [-0.4, -0.2) is 35.4 Å². The SMILES string of the molecule is CCCCCCCC=CC(=O)SCCN(CC)CC. The Labute approximate surface area is 124 Å². The Balaban J connectivity index is 3.47. The molecule has 0 saturated heterocycles. The standard InChI is InChI=1S/C16H31NOS/c1-4-7-8-9-10-11-12-13-16(18)19-15-14-17(5-2)6-3/h12-13H,4-11,14-15H2,1-3H3. The van der Waals surface area contributed by atoms with E-state index in [4.69, 9.17) is 0 Å². The molecule has 0 aromatic rings. The Morgan fingerprint density at radius 2 is 1.74 bits per heavy atom. The molecule has 0 heterocycles. The quantitative estimate of drug-likeness (QED) is 0.389. The molecular formula is C16H31NOS. The van der Waals surface area contributed by atoms with E-state index in [-0.39, 0.29) is 5.12 Å². The second-order valence-corrected chi connectivity index (χ2v) is 5.90. The van der Waals surface area contributed by atoms with Crippen LogP contribution in [0.15, 0.2) is 12.2 Å². The first-order chi connectivity index (χ1) is 9.24. The van der Waals surface area contributed by atoms with Gasteiger partial charge in [-0.2, -0.15) is 0 Å². The third kappa shape index (κ3) is 12.5. The molecule has 112 valence electrons. The van der Waals surface area contributed by atoms with Crippen LogP contribution in [0.1, 0.15) is 59.3 Å². The summed E-state index contributed by atoms with van der Waals surface area (Å²) in [5.74, 6) is 0.904. The monoisotopic (exact) mass is 285 g/mol. The molecule has 0 unspecified atom stereocenters. The highest BCUT2D eigenvalue weighted by molar-refractivity contribution is 8.14. The van der Waals surface area contributed by atoms with Crippen molar-refractivity contribution in [2.75, 3.05) is 25.4 Å². The predicted octanol–water partition coefficient (Wildman–Crippen LogP) is 4.50. The molecular weight excluding hydrogens is 254 g/mol. The number of carbonyl (C=O) groups is 1.